The van der Waals surface area contributed by atoms with E-state index < -0.39 is 22.8 Å². The predicted octanol–water partition coefficient (Wildman–Crippen LogP) is 3.30. The Bertz CT molecular complexity index is 1040. The van der Waals surface area contributed by atoms with Gasteiger partial charge in [-0.2, -0.15) is 5.10 Å². The summed E-state index contributed by atoms with van der Waals surface area (Å²) in [6, 6.07) is 9.63. The fourth-order valence-corrected chi connectivity index (χ4v) is 2.88. The number of nitrogens with zero attached hydrogens (tertiary/aromatic N) is 2. The van der Waals surface area contributed by atoms with Crippen LogP contribution < -0.4 is 20.2 Å². The molecule has 2 N–H and O–H groups in total. The summed E-state index contributed by atoms with van der Waals surface area (Å²) in [7, 11) is 1.53. The molecule has 0 saturated carbocycles. The van der Waals surface area contributed by atoms with Crippen LogP contribution in [0, 0.1) is 16.0 Å². The monoisotopic (exact) mass is 456 g/mol. The van der Waals surface area contributed by atoms with Crippen molar-refractivity contribution in [3.8, 4) is 11.5 Å². The van der Waals surface area contributed by atoms with Gasteiger partial charge in [-0.25, -0.2) is 5.43 Å². The Balaban J connectivity index is 2.07. The first kappa shape index (κ1) is 25.3. The topological polar surface area (TPSA) is 132 Å². The summed E-state index contributed by atoms with van der Waals surface area (Å²) in [6.07, 6.45) is 1.43. The number of non-ortho nitro benzene ring substituents is 1. The first-order valence-electron chi connectivity index (χ1n) is 10.3. The van der Waals surface area contributed by atoms with Gasteiger partial charge < -0.3 is 14.8 Å². The largest absolute Gasteiger partial charge is 0.493 e. The average Bonchev–Trinajstić information content (AvgIpc) is 2.77. The molecule has 0 heterocycles. The number of benzene rings is 2. The molecule has 0 bridgehead atoms. The summed E-state index contributed by atoms with van der Waals surface area (Å²) in [5.74, 6) is -0.246. The summed E-state index contributed by atoms with van der Waals surface area (Å²) in [5, 5.41) is 17.5. The molecule has 0 fully saturated rings. The van der Waals surface area contributed by atoms with Gasteiger partial charge in [-0.1, -0.05) is 19.9 Å². The normalized spacial score (nSPS) is 12.0. The molecule has 0 aliphatic rings. The molecule has 33 heavy (non-hydrogen) atoms. The highest BCUT2D eigenvalue weighted by Gasteiger charge is 2.25. The summed E-state index contributed by atoms with van der Waals surface area (Å²) >= 11 is 0. The molecular formula is C23H28N4O6. The van der Waals surface area contributed by atoms with E-state index in [1.165, 1.54) is 31.5 Å². The lowest BCUT2D eigenvalue weighted by Crippen LogP contribution is -2.48. The van der Waals surface area contributed by atoms with Crippen LogP contribution in [-0.2, 0) is 4.79 Å². The van der Waals surface area contributed by atoms with Crippen LogP contribution in [0.5, 0.6) is 11.5 Å². The molecule has 1 unspecified atom stereocenters. The third-order valence-corrected chi connectivity index (χ3v) is 4.49. The van der Waals surface area contributed by atoms with Crippen molar-refractivity contribution in [1.29, 1.82) is 0 Å². The standard InChI is InChI=1S/C23H28N4O6/c1-14(2)21(25-22(28)17-7-6-8-18(12-17)27(30)31)23(29)26-24-13-16-9-10-19(33-15(3)4)20(11-16)32-5/h6-15,21H,1-5H3,(H,25,28)(H,26,29). The molecular weight excluding hydrogens is 428 g/mol. The van der Waals surface area contributed by atoms with E-state index in [9.17, 15) is 19.7 Å². The number of nitro benzene ring substituents is 1. The van der Waals surface area contributed by atoms with E-state index in [4.69, 9.17) is 9.47 Å². The minimum Gasteiger partial charge on any atom is -0.493 e. The lowest BCUT2D eigenvalue weighted by Gasteiger charge is -2.20. The molecule has 0 aliphatic carbocycles. The molecule has 2 amide bonds. The molecule has 2 rings (SSSR count). The predicted molar refractivity (Wildman–Crippen MR) is 124 cm³/mol. The Morgan fingerprint density at radius 3 is 2.42 bits per heavy atom. The number of carbonyl (C=O) groups is 2. The van der Waals surface area contributed by atoms with Gasteiger partial charge in [0.25, 0.3) is 17.5 Å². The van der Waals surface area contributed by atoms with Crippen molar-refractivity contribution in [3.05, 3.63) is 63.7 Å². The molecule has 10 nitrogen and oxygen atoms in total. The molecule has 1 atom stereocenters. The van der Waals surface area contributed by atoms with E-state index in [0.29, 0.717) is 17.1 Å². The summed E-state index contributed by atoms with van der Waals surface area (Å²) in [4.78, 5) is 35.5. The number of amides is 2. The maximum absolute atomic E-state index is 12.6. The van der Waals surface area contributed by atoms with Crippen molar-refractivity contribution >= 4 is 23.7 Å². The van der Waals surface area contributed by atoms with Crippen molar-refractivity contribution < 1.29 is 24.0 Å². The maximum atomic E-state index is 12.6. The van der Waals surface area contributed by atoms with Crippen LogP contribution in [0.1, 0.15) is 43.6 Å². The molecule has 2 aromatic rings. The van der Waals surface area contributed by atoms with Gasteiger partial charge in [0.2, 0.25) is 0 Å². The highest BCUT2D eigenvalue weighted by molar-refractivity contribution is 5.98. The van der Waals surface area contributed by atoms with E-state index >= 15 is 0 Å². The van der Waals surface area contributed by atoms with Crippen molar-refractivity contribution in [1.82, 2.24) is 10.7 Å². The van der Waals surface area contributed by atoms with Gasteiger partial charge in [0.15, 0.2) is 11.5 Å². The Morgan fingerprint density at radius 2 is 1.82 bits per heavy atom. The van der Waals surface area contributed by atoms with E-state index in [1.807, 2.05) is 13.8 Å². The number of hydrogen-bond acceptors (Lipinski definition) is 7. The van der Waals surface area contributed by atoms with Crippen molar-refractivity contribution in [2.45, 2.75) is 39.8 Å². The van der Waals surface area contributed by atoms with Crippen molar-refractivity contribution in [3.63, 3.8) is 0 Å². The van der Waals surface area contributed by atoms with Gasteiger partial charge >= 0.3 is 0 Å². The van der Waals surface area contributed by atoms with E-state index in [0.717, 1.165) is 6.07 Å². The zero-order valence-electron chi connectivity index (χ0n) is 19.2. The zero-order valence-corrected chi connectivity index (χ0v) is 19.2. The molecule has 0 aromatic heterocycles. The number of hydrogen-bond donors (Lipinski definition) is 2. The number of nitrogens with one attached hydrogen (secondary N) is 2. The Kier molecular flexibility index (Phi) is 8.90. The fourth-order valence-electron chi connectivity index (χ4n) is 2.88. The zero-order chi connectivity index (χ0) is 24.5. The SMILES string of the molecule is COc1cc(C=NNC(=O)C(NC(=O)c2cccc([N+](=O)[O-])c2)C(C)C)ccc1OC(C)C. The fraction of sp³-hybridized carbons (Fsp3) is 0.348. The van der Waals surface area contributed by atoms with E-state index in [-0.39, 0.29) is 23.3 Å². The Hall–Kier alpha value is -3.95. The van der Waals surface area contributed by atoms with Gasteiger partial charge in [-0.05, 0) is 49.6 Å². The third kappa shape index (κ3) is 7.30. The molecule has 2 aromatic carbocycles. The molecule has 0 spiro atoms. The van der Waals surface area contributed by atoms with Crippen LogP contribution in [0.3, 0.4) is 0 Å². The van der Waals surface area contributed by atoms with Crippen LogP contribution in [0.15, 0.2) is 47.6 Å². The smallest absolute Gasteiger partial charge is 0.270 e. The van der Waals surface area contributed by atoms with Crippen molar-refractivity contribution in [2.75, 3.05) is 7.11 Å². The summed E-state index contributed by atoms with van der Waals surface area (Å²) in [6.45, 7) is 7.35. The number of methoxy groups -OCH3 is 1. The van der Waals surface area contributed by atoms with Crippen LogP contribution in [-0.4, -0.2) is 42.2 Å². The lowest BCUT2D eigenvalue weighted by atomic mass is 10.0. The second-order valence-electron chi connectivity index (χ2n) is 7.81. The number of carbonyl (C=O) groups excluding carboxylic acids is 2. The maximum Gasteiger partial charge on any atom is 0.270 e. The van der Waals surface area contributed by atoms with Crippen LogP contribution in [0.4, 0.5) is 5.69 Å². The lowest BCUT2D eigenvalue weighted by molar-refractivity contribution is -0.384. The van der Waals surface area contributed by atoms with Crippen LogP contribution >= 0.6 is 0 Å². The van der Waals surface area contributed by atoms with Crippen LogP contribution in [0.25, 0.3) is 0 Å². The van der Waals surface area contributed by atoms with Gasteiger partial charge in [0, 0.05) is 17.7 Å². The second-order valence-corrected chi connectivity index (χ2v) is 7.81. The minimum atomic E-state index is -0.898. The first-order chi connectivity index (χ1) is 15.6. The molecule has 0 saturated heterocycles. The van der Waals surface area contributed by atoms with Gasteiger partial charge in [0.1, 0.15) is 6.04 Å². The van der Waals surface area contributed by atoms with E-state index in [1.54, 1.807) is 32.0 Å². The second kappa shape index (κ2) is 11.6. The number of ether oxygens (including phenoxy) is 2. The highest BCUT2D eigenvalue weighted by atomic mass is 16.6. The Morgan fingerprint density at radius 1 is 1.09 bits per heavy atom. The minimum absolute atomic E-state index is 0.0112. The molecule has 10 heteroatoms. The number of nitro groups is 1. The Labute approximate surface area is 192 Å². The van der Waals surface area contributed by atoms with Gasteiger partial charge in [-0.15, -0.1) is 0 Å². The molecule has 0 radical (unpaired) electrons. The molecule has 0 aliphatic heterocycles. The third-order valence-electron chi connectivity index (χ3n) is 4.49. The van der Waals surface area contributed by atoms with Crippen molar-refractivity contribution in [2.24, 2.45) is 11.0 Å². The van der Waals surface area contributed by atoms with Gasteiger partial charge in [-0.3, -0.25) is 19.7 Å². The highest BCUT2D eigenvalue weighted by Crippen LogP contribution is 2.28. The molecule has 176 valence electrons. The summed E-state index contributed by atoms with van der Waals surface area (Å²) < 4.78 is 11.0. The number of rotatable bonds is 10. The first-order valence-corrected chi connectivity index (χ1v) is 10.3. The average molecular weight is 456 g/mol. The van der Waals surface area contributed by atoms with Crippen LogP contribution in [0.2, 0.25) is 0 Å². The van der Waals surface area contributed by atoms with E-state index in [2.05, 4.69) is 15.8 Å². The van der Waals surface area contributed by atoms with Gasteiger partial charge in [0.05, 0.1) is 24.4 Å². The summed E-state index contributed by atoms with van der Waals surface area (Å²) in [5.41, 5.74) is 2.97. The quantitative estimate of drug-likeness (QED) is 0.320. The number of hydrazone groups is 1.